The SMILES string of the molecule is CCCCCCCCCC=C(CCCCCCC(=O)O)C(=O)O. The fraction of sp³-hybridized carbons (Fsp3) is 0.789. The molecule has 23 heavy (non-hydrogen) atoms. The third-order valence-corrected chi connectivity index (χ3v) is 4.06. The molecular weight excluding hydrogens is 292 g/mol. The van der Waals surface area contributed by atoms with Gasteiger partial charge in [-0.25, -0.2) is 4.79 Å². The Bertz CT molecular complexity index is 347. The first-order valence-corrected chi connectivity index (χ1v) is 9.22. The summed E-state index contributed by atoms with van der Waals surface area (Å²) in [5.41, 5.74) is 0.522. The van der Waals surface area contributed by atoms with Gasteiger partial charge in [-0.15, -0.1) is 0 Å². The summed E-state index contributed by atoms with van der Waals surface area (Å²) in [4.78, 5) is 21.6. The average molecular weight is 326 g/mol. The zero-order valence-corrected chi connectivity index (χ0v) is 14.7. The second-order valence-electron chi connectivity index (χ2n) is 6.25. The summed E-state index contributed by atoms with van der Waals surface area (Å²) in [6.45, 7) is 2.21. The first-order valence-electron chi connectivity index (χ1n) is 9.22. The van der Waals surface area contributed by atoms with Crippen molar-refractivity contribution < 1.29 is 19.8 Å². The van der Waals surface area contributed by atoms with Crippen LogP contribution in [-0.4, -0.2) is 22.2 Å². The molecule has 134 valence electrons. The van der Waals surface area contributed by atoms with Gasteiger partial charge in [0.2, 0.25) is 0 Å². The van der Waals surface area contributed by atoms with Crippen molar-refractivity contribution in [3.63, 3.8) is 0 Å². The molecule has 0 spiro atoms. The molecule has 0 aliphatic carbocycles. The summed E-state index contributed by atoms with van der Waals surface area (Å²) in [6, 6.07) is 0. The molecule has 4 nitrogen and oxygen atoms in total. The van der Waals surface area contributed by atoms with E-state index in [1.807, 2.05) is 6.08 Å². The molecule has 0 aliphatic heterocycles. The molecular formula is C19H34O4. The van der Waals surface area contributed by atoms with E-state index in [-0.39, 0.29) is 6.42 Å². The lowest BCUT2D eigenvalue weighted by molar-refractivity contribution is -0.137. The van der Waals surface area contributed by atoms with Crippen LogP contribution in [0.2, 0.25) is 0 Å². The van der Waals surface area contributed by atoms with E-state index in [0.717, 1.165) is 32.1 Å². The molecule has 0 atom stereocenters. The number of carboxylic acids is 2. The summed E-state index contributed by atoms with van der Waals surface area (Å²) < 4.78 is 0. The van der Waals surface area contributed by atoms with Gasteiger partial charge < -0.3 is 10.2 Å². The van der Waals surface area contributed by atoms with Gasteiger partial charge in [-0.05, 0) is 32.1 Å². The summed E-state index contributed by atoms with van der Waals surface area (Å²) in [7, 11) is 0. The van der Waals surface area contributed by atoms with Crippen molar-refractivity contribution >= 4 is 11.9 Å². The summed E-state index contributed by atoms with van der Waals surface area (Å²) in [6.07, 6.45) is 15.5. The van der Waals surface area contributed by atoms with Crippen LogP contribution in [0.15, 0.2) is 11.6 Å². The Morgan fingerprint density at radius 2 is 1.26 bits per heavy atom. The highest BCUT2D eigenvalue weighted by Crippen LogP contribution is 2.14. The van der Waals surface area contributed by atoms with Gasteiger partial charge in [0.25, 0.3) is 0 Å². The summed E-state index contributed by atoms with van der Waals surface area (Å²) in [5, 5.41) is 17.7. The third-order valence-electron chi connectivity index (χ3n) is 4.06. The lowest BCUT2D eigenvalue weighted by atomic mass is 10.0. The molecule has 0 unspecified atom stereocenters. The van der Waals surface area contributed by atoms with Crippen LogP contribution in [0.4, 0.5) is 0 Å². The predicted molar refractivity (Wildman–Crippen MR) is 93.7 cm³/mol. The smallest absolute Gasteiger partial charge is 0.331 e. The van der Waals surface area contributed by atoms with Crippen molar-refractivity contribution in [2.45, 2.75) is 96.8 Å². The van der Waals surface area contributed by atoms with Gasteiger partial charge in [0.15, 0.2) is 0 Å². The van der Waals surface area contributed by atoms with Crippen LogP contribution in [0.1, 0.15) is 96.8 Å². The van der Waals surface area contributed by atoms with Crippen LogP contribution < -0.4 is 0 Å². The minimum Gasteiger partial charge on any atom is -0.481 e. The van der Waals surface area contributed by atoms with E-state index in [1.165, 1.54) is 38.5 Å². The van der Waals surface area contributed by atoms with Crippen molar-refractivity contribution in [3.05, 3.63) is 11.6 Å². The predicted octanol–water partition coefficient (Wildman–Crippen LogP) is 5.56. The van der Waals surface area contributed by atoms with Crippen LogP contribution in [0, 0.1) is 0 Å². The molecule has 0 amide bonds. The molecule has 0 aromatic rings. The Morgan fingerprint density at radius 3 is 1.83 bits per heavy atom. The van der Waals surface area contributed by atoms with Crippen molar-refractivity contribution in [3.8, 4) is 0 Å². The van der Waals surface area contributed by atoms with Crippen LogP contribution in [0.5, 0.6) is 0 Å². The van der Waals surface area contributed by atoms with E-state index >= 15 is 0 Å². The Hall–Kier alpha value is -1.32. The standard InChI is InChI=1S/C19H34O4/c1-2-3-4-5-6-7-8-11-14-17(19(22)23)15-12-9-10-13-16-18(20)21/h14H,2-13,15-16H2,1H3,(H,20,21)(H,22,23). The first kappa shape index (κ1) is 21.7. The van der Waals surface area contributed by atoms with Crippen LogP contribution >= 0.6 is 0 Å². The molecule has 0 saturated heterocycles. The van der Waals surface area contributed by atoms with Crippen molar-refractivity contribution in [2.24, 2.45) is 0 Å². The number of carboxylic acid groups (broad SMARTS) is 2. The Morgan fingerprint density at radius 1 is 0.739 bits per heavy atom. The molecule has 0 heterocycles. The monoisotopic (exact) mass is 326 g/mol. The van der Waals surface area contributed by atoms with Crippen LogP contribution in [0.3, 0.4) is 0 Å². The van der Waals surface area contributed by atoms with Crippen molar-refractivity contribution in [1.82, 2.24) is 0 Å². The molecule has 0 aromatic carbocycles. The van der Waals surface area contributed by atoms with E-state index in [4.69, 9.17) is 5.11 Å². The van der Waals surface area contributed by atoms with E-state index in [1.54, 1.807) is 0 Å². The van der Waals surface area contributed by atoms with Gasteiger partial charge in [-0.3, -0.25) is 4.79 Å². The number of aliphatic carboxylic acids is 2. The molecule has 4 heteroatoms. The van der Waals surface area contributed by atoms with Crippen molar-refractivity contribution in [1.29, 1.82) is 0 Å². The van der Waals surface area contributed by atoms with Crippen LogP contribution in [0.25, 0.3) is 0 Å². The maximum absolute atomic E-state index is 11.2. The molecule has 2 N–H and O–H groups in total. The number of carbonyl (C=O) groups is 2. The summed E-state index contributed by atoms with van der Waals surface area (Å²) >= 11 is 0. The zero-order valence-electron chi connectivity index (χ0n) is 14.7. The van der Waals surface area contributed by atoms with E-state index in [0.29, 0.717) is 18.4 Å². The van der Waals surface area contributed by atoms with Gasteiger partial charge in [0.1, 0.15) is 0 Å². The number of hydrogen-bond acceptors (Lipinski definition) is 2. The molecule has 0 aromatic heterocycles. The quantitative estimate of drug-likeness (QED) is 0.287. The van der Waals surface area contributed by atoms with Gasteiger partial charge in [-0.2, -0.15) is 0 Å². The van der Waals surface area contributed by atoms with E-state index in [2.05, 4.69) is 6.92 Å². The molecule has 0 bridgehead atoms. The Balaban J connectivity index is 3.71. The normalized spacial score (nSPS) is 11.6. The highest BCUT2D eigenvalue weighted by Gasteiger charge is 2.06. The Kier molecular flexibility index (Phi) is 14.7. The molecule has 0 aliphatic rings. The molecule has 0 fully saturated rings. The van der Waals surface area contributed by atoms with Gasteiger partial charge in [0, 0.05) is 12.0 Å². The number of rotatable bonds is 16. The second-order valence-corrected chi connectivity index (χ2v) is 6.25. The minimum atomic E-state index is -0.807. The third kappa shape index (κ3) is 15.4. The van der Waals surface area contributed by atoms with Crippen molar-refractivity contribution in [2.75, 3.05) is 0 Å². The second kappa shape index (κ2) is 15.6. The number of allylic oxidation sites excluding steroid dienone is 1. The fourth-order valence-electron chi connectivity index (χ4n) is 2.62. The minimum absolute atomic E-state index is 0.208. The zero-order chi connectivity index (χ0) is 17.3. The van der Waals surface area contributed by atoms with E-state index in [9.17, 15) is 14.7 Å². The number of unbranched alkanes of at least 4 members (excludes halogenated alkanes) is 10. The highest BCUT2D eigenvalue weighted by atomic mass is 16.4. The topological polar surface area (TPSA) is 74.6 Å². The molecule has 0 saturated carbocycles. The fourth-order valence-corrected chi connectivity index (χ4v) is 2.62. The maximum atomic E-state index is 11.2. The van der Waals surface area contributed by atoms with E-state index < -0.39 is 11.9 Å². The maximum Gasteiger partial charge on any atom is 0.331 e. The molecule has 0 radical (unpaired) electrons. The van der Waals surface area contributed by atoms with Crippen LogP contribution in [-0.2, 0) is 9.59 Å². The first-order chi connectivity index (χ1) is 11.1. The summed E-state index contributed by atoms with van der Waals surface area (Å²) in [5.74, 6) is -1.57. The Labute approximate surface area is 141 Å². The number of hydrogen-bond donors (Lipinski definition) is 2. The van der Waals surface area contributed by atoms with Gasteiger partial charge >= 0.3 is 11.9 Å². The largest absolute Gasteiger partial charge is 0.481 e. The lowest BCUT2D eigenvalue weighted by Crippen LogP contribution is -2.01. The van der Waals surface area contributed by atoms with Gasteiger partial charge in [0.05, 0.1) is 0 Å². The van der Waals surface area contributed by atoms with Gasteiger partial charge in [-0.1, -0.05) is 64.4 Å². The lowest BCUT2D eigenvalue weighted by Gasteiger charge is -2.04. The highest BCUT2D eigenvalue weighted by molar-refractivity contribution is 5.86. The average Bonchev–Trinajstić information content (AvgIpc) is 2.50. The molecule has 0 rings (SSSR count).